The van der Waals surface area contributed by atoms with E-state index in [-0.39, 0.29) is 0 Å². The van der Waals surface area contributed by atoms with Crippen LogP contribution in [0.5, 0.6) is 0 Å². The molecule has 3 aromatic rings. The van der Waals surface area contributed by atoms with Crippen LogP contribution in [0.2, 0.25) is 0 Å². The summed E-state index contributed by atoms with van der Waals surface area (Å²) in [5.74, 6) is 0.679. The molecule has 4 rings (SSSR count). The highest BCUT2D eigenvalue weighted by molar-refractivity contribution is 5.47. The standard InChI is InChI=1S/C21H24N6/c1-2-7-23-20(4-1)21-24-14-19(15-25-21)17-27-11-3-10-26(12-13-27)16-18-5-8-22-9-6-18/h1-2,4-9,14-15H,3,10-13,16-17H2. The van der Waals surface area contributed by atoms with E-state index in [4.69, 9.17) is 0 Å². The van der Waals surface area contributed by atoms with Crippen LogP contribution in [0.25, 0.3) is 11.5 Å². The van der Waals surface area contributed by atoms with Gasteiger partial charge in [-0.2, -0.15) is 0 Å². The van der Waals surface area contributed by atoms with E-state index in [9.17, 15) is 0 Å². The summed E-state index contributed by atoms with van der Waals surface area (Å²) in [5, 5.41) is 0. The van der Waals surface area contributed by atoms with E-state index < -0.39 is 0 Å². The molecule has 138 valence electrons. The lowest BCUT2D eigenvalue weighted by molar-refractivity contribution is 0.247. The number of aromatic nitrogens is 4. The molecule has 0 bridgehead atoms. The molecule has 6 nitrogen and oxygen atoms in total. The predicted octanol–water partition coefficient (Wildman–Crippen LogP) is 2.64. The van der Waals surface area contributed by atoms with E-state index in [2.05, 4.69) is 41.9 Å². The Bertz CT molecular complexity index is 822. The van der Waals surface area contributed by atoms with Crippen molar-refractivity contribution in [2.24, 2.45) is 0 Å². The van der Waals surface area contributed by atoms with Gasteiger partial charge >= 0.3 is 0 Å². The Morgan fingerprint density at radius 1 is 0.704 bits per heavy atom. The lowest BCUT2D eigenvalue weighted by Gasteiger charge is -2.21. The van der Waals surface area contributed by atoms with Crippen molar-refractivity contribution < 1.29 is 0 Å². The Balaban J connectivity index is 1.32. The minimum Gasteiger partial charge on any atom is -0.298 e. The molecule has 0 aliphatic carbocycles. The molecule has 1 fully saturated rings. The summed E-state index contributed by atoms with van der Waals surface area (Å²) in [6.07, 6.45) is 10.5. The van der Waals surface area contributed by atoms with Crippen molar-refractivity contribution in [3.05, 3.63) is 72.4 Å². The monoisotopic (exact) mass is 360 g/mol. The van der Waals surface area contributed by atoms with Crippen molar-refractivity contribution in [2.45, 2.75) is 19.5 Å². The second-order valence-electron chi connectivity index (χ2n) is 6.89. The van der Waals surface area contributed by atoms with Crippen molar-refractivity contribution >= 4 is 0 Å². The topological polar surface area (TPSA) is 58.0 Å². The van der Waals surface area contributed by atoms with Crippen LogP contribution in [0.1, 0.15) is 17.5 Å². The number of nitrogens with zero attached hydrogens (tertiary/aromatic N) is 6. The summed E-state index contributed by atoms with van der Waals surface area (Å²) in [6.45, 7) is 6.27. The maximum Gasteiger partial charge on any atom is 0.178 e. The third-order valence-electron chi connectivity index (χ3n) is 4.84. The number of rotatable bonds is 5. The summed E-state index contributed by atoms with van der Waals surface area (Å²) < 4.78 is 0. The van der Waals surface area contributed by atoms with Crippen LogP contribution >= 0.6 is 0 Å². The van der Waals surface area contributed by atoms with Gasteiger partial charge in [0.15, 0.2) is 5.82 Å². The van der Waals surface area contributed by atoms with Crippen LogP contribution in [0.15, 0.2) is 61.3 Å². The van der Waals surface area contributed by atoms with E-state index in [1.807, 2.05) is 43.0 Å². The zero-order valence-corrected chi connectivity index (χ0v) is 15.4. The quantitative estimate of drug-likeness (QED) is 0.697. The smallest absolute Gasteiger partial charge is 0.178 e. The summed E-state index contributed by atoms with van der Waals surface area (Å²) in [7, 11) is 0. The van der Waals surface area contributed by atoms with Crippen molar-refractivity contribution in [3.63, 3.8) is 0 Å². The molecule has 3 aromatic heterocycles. The van der Waals surface area contributed by atoms with Crippen molar-refractivity contribution in [1.82, 2.24) is 29.7 Å². The molecule has 0 atom stereocenters. The Labute approximate surface area is 159 Å². The normalized spacial score (nSPS) is 16.1. The number of hydrogen-bond acceptors (Lipinski definition) is 6. The zero-order chi connectivity index (χ0) is 18.3. The summed E-state index contributed by atoms with van der Waals surface area (Å²) in [5.41, 5.74) is 3.29. The average molecular weight is 360 g/mol. The first-order chi connectivity index (χ1) is 13.4. The van der Waals surface area contributed by atoms with Crippen LogP contribution in [0, 0.1) is 0 Å². The highest BCUT2D eigenvalue weighted by Crippen LogP contribution is 2.13. The molecule has 0 spiro atoms. The molecular formula is C21H24N6. The van der Waals surface area contributed by atoms with Gasteiger partial charge in [0.2, 0.25) is 0 Å². The Hall–Kier alpha value is -2.70. The fourth-order valence-electron chi connectivity index (χ4n) is 3.41. The first-order valence-corrected chi connectivity index (χ1v) is 9.43. The van der Waals surface area contributed by atoms with E-state index in [0.717, 1.165) is 50.5 Å². The van der Waals surface area contributed by atoms with Crippen LogP contribution < -0.4 is 0 Å². The minimum atomic E-state index is 0.679. The van der Waals surface area contributed by atoms with Crippen LogP contribution in [-0.4, -0.2) is 55.9 Å². The molecule has 6 heteroatoms. The van der Waals surface area contributed by atoms with Crippen molar-refractivity contribution in [1.29, 1.82) is 0 Å². The number of pyridine rings is 2. The van der Waals surface area contributed by atoms with Gasteiger partial charge in [0.05, 0.1) is 0 Å². The van der Waals surface area contributed by atoms with Gasteiger partial charge in [0.1, 0.15) is 5.69 Å². The third kappa shape index (κ3) is 4.93. The van der Waals surface area contributed by atoms with Crippen LogP contribution in [0.4, 0.5) is 0 Å². The predicted molar refractivity (Wildman–Crippen MR) is 105 cm³/mol. The molecule has 0 amide bonds. The maximum atomic E-state index is 4.49. The van der Waals surface area contributed by atoms with Gasteiger partial charge in [0.25, 0.3) is 0 Å². The van der Waals surface area contributed by atoms with Gasteiger partial charge in [-0.05, 0) is 49.3 Å². The van der Waals surface area contributed by atoms with Gasteiger partial charge in [-0.3, -0.25) is 19.8 Å². The molecule has 27 heavy (non-hydrogen) atoms. The molecule has 4 heterocycles. The first kappa shape index (κ1) is 17.7. The fraction of sp³-hybridized carbons (Fsp3) is 0.333. The van der Waals surface area contributed by atoms with Gasteiger partial charge in [-0.1, -0.05) is 6.07 Å². The molecular weight excluding hydrogens is 336 g/mol. The molecule has 0 unspecified atom stereocenters. The summed E-state index contributed by atoms with van der Waals surface area (Å²) in [4.78, 5) is 22.4. The van der Waals surface area contributed by atoms with Crippen molar-refractivity contribution in [3.8, 4) is 11.5 Å². The van der Waals surface area contributed by atoms with Crippen LogP contribution in [0.3, 0.4) is 0 Å². The second kappa shape index (κ2) is 8.79. The SMILES string of the molecule is c1ccc(-c2ncc(CN3CCCN(Cc4ccncc4)CC3)cn2)nc1. The maximum absolute atomic E-state index is 4.49. The molecule has 0 saturated carbocycles. The van der Waals surface area contributed by atoms with Gasteiger partial charge in [0, 0.05) is 62.7 Å². The van der Waals surface area contributed by atoms with E-state index in [1.54, 1.807) is 6.20 Å². The molecule has 0 N–H and O–H groups in total. The highest BCUT2D eigenvalue weighted by atomic mass is 15.2. The largest absolute Gasteiger partial charge is 0.298 e. The van der Waals surface area contributed by atoms with Gasteiger partial charge in [-0.15, -0.1) is 0 Å². The molecule has 0 aromatic carbocycles. The minimum absolute atomic E-state index is 0.679. The van der Waals surface area contributed by atoms with Gasteiger partial charge in [-0.25, -0.2) is 9.97 Å². The molecule has 1 saturated heterocycles. The lowest BCUT2D eigenvalue weighted by atomic mass is 10.2. The van der Waals surface area contributed by atoms with E-state index in [0.29, 0.717) is 5.82 Å². The second-order valence-corrected chi connectivity index (χ2v) is 6.89. The van der Waals surface area contributed by atoms with Crippen molar-refractivity contribution in [2.75, 3.05) is 26.2 Å². The van der Waals surface area contributed by atoms with E-state index in [1.165, 1.54) is 12.0 Å². The summed E-state index contributed by atoms with van der Waals surface area (Å²) in [6, 6.07) is 9.98. The third-order valence-corrected chi connectivity index (χ3v) is 4.84. The summed E-state index contributed by atoms with van der Waals surface area (Å²) >= 11 is 0. The molecule has 1 aliphatic rings. The Kier molecular flexibility index (Phi) is 5.76. The molecule has 1 aliphatic heterocycles. The number of hydrogen-bond donors (Lipinski definition) is 0. The Morgan fingerprint density at radius 3 is 2.07 bits per heavy atom. The Morgan fingerprint density at radius 2 is 1.41 bits per heavy atom. The van der Waals surface area contributed by atoms with Gasteiger partial charge < -0.3 is 0 Å². The van der Waals surface area contributed by atoms with Crippen LogP contribution in [-0.2, 0) is 13.1 Å². The zero-order valence-electron chi connectivity index (χ0n) is 15.4. The fourth-order valence-corrected chi connectivity index (χ4v) is 3.41. The van der Waals surface area contributed by atoms with E-state index >= 15 is 0 Å². The first-order valence-electron chi connectivity index (χ1n) is 9.43. The lowest BCUT2D eigenvalue weighted by Crippen LogP contribution is -2.30. The highest BCUT2D eigenvalue weighted by Gasteiger charge is 2.15. The molecule has 0 radical (unpaired) electrons. The average Bonchev–Trinajstić information content (AvgIpc) is 2.95.